The summed E-state index contributed by atoms with van der Waals surface area (Å²) >= 11 is 6.14. The standard InChI is InChI=1S/C21H20ClNO7/c1-23(10-14-11-28-16-4-2-3-5-17(16)30-14)19(24)12-29-21(25)13-8-15(22)20-18(9-13)26-6-7-27-20/h2-5,8-9,14H,6-7,10-12H2,1H3/t14-/m0/s1. The molecule has 2 aliphatic rings. The first kappa shape index (κ1) is 20.2. The van der Waals surface area contributed by atoms with Gasteiger partial charge in [-0.05, 0) is 24.3 Å². The molecule has 0 spiro atoms. The first-order chi connectivity index (χ1) is 14.5. The first-order valence-electron chi connectivity index (χ1n) is 9.40. The van der Waals surface area contributed by atoms with E-state index in [-0.39, 0.29) is 22.6 Å². The van der Waals surface area contributed by atoms with Crippen LogP contribution in [-0.4, -0.2) is 62.9 Å². The fourth-order valence-corrected chi connectivity index (χ4v) is 3.38. The van der Waals surface area contributed by atoms with Crippen LogP contribution in [0.2, 0.25) is 5.02 Å². The van der Waals surface area contributed by atoms with E-state index in [1.165, 1.54) is 17.0 Å². The lowest BCUT2D eigenvalue weighted by molar-refractivity contribution is -0.134. The molecule has 8 nitrogen and oxygen atoms in total. The maximum atomic E-state index is 12.4. The van der Waals surface area contributed by atoms with E-state index in [4.69, 9.17) is 35.3 Å². The lowest BCUT2D eigenvalue weighted by atomic mass is 10.2. The summed E-state index contributed by atoms with van der Waals surface area (Å²) in [6, 6.07) is 10.3. The van der Waals surface area contributed by atoms with Gasteiger partial charge in [-0.25, -0.2) is 4.79 Å². The minimum Gasteiger partial charge on any atom is -0.486 e. The van der Waals surface area contributed by atoms with E-state index < -0.39 is 12.6 Å². The van der Waals surface area contributed by atoms with E-state index in [9.17, 15) is 9.59 Å². The smallest absolute Gasteiger partial charge is 0.338 e. The monoisotopic (exact) mass is 433 g/mol. The summed E-state index contributed by atoms with van der Waals surface area (Å²) in [4.78, 5) is 26.2. The van der Waals surface area contributed by atoms with Gasteiger partial charge in [0.25, 0.3) is 5.91 Å². The predicted molar refractivity (Wildman–Crippen MR) is 107 cm³/mol. The topological polar surface area (TPSA) is 83.5 Å². The number of nitrogens with zero attached hydrogens (tertiary/aromatic N) is 1. The second-order valence-corrected chi connectivity index (χ2v) is 7.24. The normalized spacial score (nSPS) is 16.5. The molecule has 30 heavy (non-hydrogen) atoms. The zero-order chi connectivity index (χ0) is 21.1. The molecule has 0 saturated carbocycles. The molecule has 2 aromatic rings. The number of hydrogen-bond acceptors (Lipinski definition) is 7. The summed E-state index contributed by atoms with van der Waals surface area (Å²) in [5.41, 5.74) is 0.181. The zero-order valence-corrected chi connectivity index (χ0v) is 17.0. The van der Waals surface area contributed by atoms with Gasteiger partial charge in [0.05, 0.1) is 17.1 Å². The molecule has 0 unspecified atom stereocenters. The van der Waals surface area contributed by atoms with Crippen molar-refractivity contribution < 1.29 is 33.3 Å². The van der Waals surface area contributed by atoms with Gasteiger partial charge in [0.1, 0.15) is 19.8 Å². The molecule has 0 radical (unpaired) electrons. The van der Waals surface area contributed by atoms with Gasteiger partial charge < -0.3 is 28.6 Å². The van der Waals surface area contributed by atoms with Crippen LogP contribution >= 0.6 is 11.6 Å². The van der Waals surface area contributed by atoms with Crippen LogP contribution in [0, 0.1) is 0 Å². The average Bonchev–Trinajstić information content (AvgIpc) is 2.77. The Hall–Kier alpha value is -3.13. The molecule has 2 heterocycles. The largest absolute Gasteiger partial charge is 0.486 e. The van der Waals surface area contributed by atoms with Crippen molar-refractivity contribution in [2.45, 2.75) is 6.10 Å². The van der Waals surface area contributed by atoms with Crippen LogP contribution < -0.4 is 18.9 Å². The summed E-state index contributed by atoms with van der Waals surface area (Å²) in [5, 5.41) is 0.248. The van der Waals surface area contributed by atoms with Crippen LogP contribution in [0.25, 0.3) is 0 Å². The maximum absolute atomic E-state index is 12.4. The first-order valence-corrected chi connectivity index (χ1v) is 9.78. The molecule has 2 aromatic carbocycles. The number of hydrogen-bond donors (Lipinski definition) is 0. The molecular weight excluding hydrogens is 414 g/mol. The molecule has 2 aliphatic heterocycles. The molecule has 1 atom stereocenters. The van der Waals surface area contributed by atoms with Gasteiger partial charge in [-0.2, -0.15) is 0 Å². The Balaban J connectivity index is 1.30. The third-order valence-corrected chi connectivity index (χ3v) is 4.91. The number of ether oxygens (including phenoxy) is 5. The average molecular weight is 434 g/mol. The number of para-hydroxylation sites is 2. The highest BCUT2D eigenvalue weighted by atomic mass is 35.5. The zero-order valence-electron chi connectivity index (χ0n) is 16.3. The van der Waals surface area contributed by atoms with Crippen molar-refractivity contribution >= 4 is 23.5 Å². The fourth-order valence-electron chi connectivity index (χ4n) is 3.11. The van der Waals surface area contributed by atoms with Gasteiger partial charge in [-0.1, -0.05) is 23.7 Å². The minimum atomic E-state index is -0.679. The molecule has 1 amide bonds. The van der Waals surface area contributed by atoms with Crippen LogP contribution in [0.5, 0.6) is 23.0 Å². The lowest BCUT2D eigenvalue weighted by Crippen LogP contribution is -2.43. The Kier molecular flexibility index (Phi) is 5.85. The summed E-state index contributed by atoms with van der Waals surface area (Å²) in [7, 11) is 1.61. The van der Waals surface area contributed by atoms with Crippen molar-refractivity contribution in [2.75, 3.05) is 40.0 Å². The molecule has 158 valence electrons. The van der Waals surface area contributed by atoms with Gasteiger partial charge in [0.15, 0.2) is 35.7 Å². The minimum absolute atomic E-state index is 0.181. The Labute approximate surface area is 178 Å². The number of amides is 1. The molecule has 0 fully saturated rings. The molecule has 9 heteroatoms. The Morgan fingerprint density at radius 1 is 1.10 bits per heavy atom. The number of carbonyl (C=O) groups is 2. The van der Waals surface area contributed by atoms with Crippen molar-refractivity contribution in [3.63, 3.8) is 0 Å². The summed E-state index contributed by atoms with van der Waals surface area (Å²) in [6.07, 6.45) is -0.318. The highest BCUT2D eigenvalue weighted by molar-refractivity contribution is 6.32. The molecule has 4 rings (SSSR count). The van der Waals surface area contributed by atoms with Crippen LogP contribution in [0.1, 0.15) is 10.4 Å². The quantitative estimate of drug-likeness (QED) is 0.670. The number of rotatable bonds is 5. The van der Waals surface area contributed by atoms with Gasteiger partial charge >= 0.3 is 5.97 Å². The molecule has 0 aliphatic carbocycles. The molecule has 0 bridgehead atoms. The van der Waals surface area contributed by atoms with Gasteiger partial charge in [0.2, 0.25) is 0 Å². The van der Waals surface area contributed by atoms with Crippen molar-refractivity contribution in [1.82, 2.24) is 4.90 Å². The van der Waals surface area contributed by atoms with E-state index in [2.05, 4.69) is 0 Å². The summed E-state index contributed by atoms with van der Waals surface area (Å²) < 4.78 is 27.5. The molecule has 0 aromatic heterocycles. The van der Waals surface area contributed by atoms with Crippen molar-refractivity contribution in [3.05, 3.63) is 47.0 Å². The van der Waals surface area contributed by atoms with Crippen LogP contribution in [0.3, 0.4) is 0 Å². The highest BCUT2D eigenvalue weighted by Crippen LogP contribution is 2.38. The van der Waals surface area contributed by atoms with E-state index in [0.717, 1.165) is 0 Å². The number of carbonyl (C=O) groups excluding carboxylic acids is 2. The molecular formula is C21H20ClNO7. The predicted octanol–water partition coefficient (Wildman–Crippen LogP) is 2.57. The highest BCUT2D eigenvalue weighted by Gasteiger charge is 2.25. The Morgan fingerprint density at radius 3 is 2.70 bits per heavy atom. The van der Waals surface area contributed by atoms with Crippen LogP contribution in [0.15, 0.2) is 36.4 Å². The third-order valence-electron chi connectivity index (χ3n) is 4.63. The van der Waals surface area contributed by atoms with Crippen molar-refractivity contribution in [1.29, 1.82) is 0 Å². The Bertz CT molecular complexity index is 964. The number of likely N-dealkylation sites (N-methyl/N-ethyl adjacent to an activating group) is 1. The van der Waals surface area contributed by atoms with E-state index in [1.54, 1.807) is 7.05 Å². The van der Waals surface area contributed by atoms with E-state index in [0.29, 0.717) is 49.4 Å². The van der Waals surface area contributed by atoms with Gasteiger partial charge in [-0.3, -0.25) is 4.79 Å². The number of benzene rings is 2. The van der Waals surface area contributed by atoms with E-state index in [1.807, 2.05) is 24.3 Å². The van der Waals surface area contributed by atoms with Crippen LogP contribution in [-0.2, 0) is 9.53 Å². The van der Waals surface area contributed by atoms with Gasteiger partial charge in [-0.15, -0.1) is 0 Å². The summed E-state index contributed by atoms with van der Waals surface area (Å²) in [6.45, 7) is 0.956. The molecule has 0 saturated heterocycles. The van der Waals surface area contributed by atoms with Crippen molar-refractivity contribution in [3.8, 4) is 23.0 Å². The van der Waals surface area contributed by atoms with Crippen molar-refractivity contribution in [2.24, 2.45) is 0 Å². The Morgan fingerprint density at radius 2 is 1.87 bits per heavy atom. The SMILES string of the molecule is CN(C[C@H]1COc2ccccc2O1)C(=O)COC(=O)c1cc(Cl)c2c(c1)OCCO2. The van der Waals surface area contributed by atoms with Gasteiger partial charge in [0, 0.05) is 7.05 Å². The third kappa shape index (κ3) is 4.38. The number of esters is 1. The second kappa shape index (κ2) is 8.71. The second-order valence-electron chi connectivity index (χ2n) is 6.83. The van der Waals surface area contributed by atoms with E-state index >= 15 is 0 Å². The van der Waals surface area contributed by atoms with Crippen LogP contribution in [0.4, 0.5) is 0 Å². The lowest BCUT2D eigenvalue weighted by Gasteiger charge is -2.29. The summed E-state index contributed by atoms with van der Waals surface area (Å²) in [5.74, 6) is 1.04. The fraction of sp³-hybridized carbons (Fsp3) is 0.333. The maximum Gasteiger partial charge on any atom is 0.338 e. The number of halogens is 1. The molecule has 0 N–H and O–H groups in total. The number of fused-ring (bicyclic) bond motifs is 2.